The molecule has 0 spiro atoms. The lowest BCUT2D eigenvalue weighted by Gasteiger charge is -2.29. The molecule has 2 heteroatoms. The highest BCUT2D eigenvalue weighted by Crippen LogP contribution is 2.41. The van der Waals surface area contributed by atoms with Gasteiger partial charge in [0.15, 0.2) is 0 Å². The Labute approximate surface area is 337 Å². The minimum atomic E-state index is 0.418. The minimum Gasteiger partial charge on any atom is -0.311 e. The third-order valence-corrected chi connectivity index (χ3v) is 10.9. The Kier molecular flexibility index (Phi) is 10.4. The van der Waals surface area contributed by atoms with Crippen molar-refractivity contribution in [2.75, 3.05) is 9.80 Å². The molecule has 9 rings (SSSR count). The van der Waals surface area contributed by atoms with Gasteiger partial charge in [0, 0.05) is 40.0 Å². The van der Waals surface area contributed by atoms with Gasteiger partial charge in [-0.15, -0.1) is 0 Å². The van der Waals surface area contributed by atoms with Crippen LogP contribution >= 0.6 is 0 Å². The summed E-state index contributed by atoms with van der Waals surface area (Å²) in [6.07, 6.45) is 11.2. The first-order chi connectivity index (χ1) is 28.3. The SMILES string of the molecule is C1=CCCC(c2ccc(N(c3ccc(-c4ccccc4)cc3)c3ccc(N(c4ccc(-c5ccccc5)cc4)c4ccc(-c5ccccc5)cc4)cc3)cc2)C=C1. The predicted molar refractivity (Wildman–Crippen MR) is 242 cm³/mol. The van der Waals surface area contributed by atoms with Crippen molar-refractivity contribution in [1.29, 1.82) is 0 Å². The zero-order chi connectivity index (χ0) is 38.2. The number of rotatable bonds is 10. The van der Waals surface area contributed by atoms with Crippen molar-refractivity contribution in [3.63, 3.8) is 0 Å². The van der Waals surface area contributed by atoms with Gasteiger partial charge in [0.05, 0.1) is 0 Å². The van der Waals surface area contributed by atoms with E-state index in [0.29, 0.717) is 5.92 Å². The van der Waals surface area contributed by atoms with E-state index in [1.54, 1.807) is 0 Å². The van der Waals surface area contributed by atoms with Crippen LogP contribution in [0.3, 0.4) is 0 Å². The molecule has 0 amide bonds. The second-order valence-corrected chi connectivity index (χ2v) is 14.5. The quantitative estimate of drug-likeness (QED) is 0.138. The predicted octanol–water partition coefficient (Wildman–Crippen LogP) is 15.6. The summed E-state index contributed by atoms with van der Waals surface area (Å²) >= 11 is 0. The van der Waals surface area contributed by atoms with Crippen LogP contribution in [0, 0.1) is 0 Å². The summed E-state index contributed by atoms with van der Waals surface area (Å²) < 4.78 is 0. The Morgan fingerprint density at radius 1 is 0.298 bits per heavy atom. The lowest BCUT2D eigenvalue weighted by molar-refractivity contribution is 0.756. The molecule has 0 saturated carbocycles. The molecule has 0 bridgehead atoms. The van der Waals surface area contributed by atoms with Gasteiger partial charge in [-0.1, -0.05) is 164 Å². The van der Waals surface area contributed by atoms with E-state index < -0.39 is 0 Å². The molecule has 0 aromatic heterocycles. The standard InChI is InChI=1S/C55H44N2/c1-2-7-15-42(14-6-1)46-22-30-50(31-23-46)56(51-32-24-47(25-33-51)43-16-8-3-9-17-43)54-38-40-55(41-39-54)57(52-34-26-48(27-35-52)44-18-10-4-11-19-44)53-36-28-49(29-37-53)45-20-12-5-13-21-45/h1-6,8-14,16-42H,7,15H2. The maximum absolute atomic E-state index is 2.36. The van der Waals surface area contributed by atoms with Crippen LogP contribution in [0.25, 0.3) is 33.4 Å². The lowest BCUT2D eigenvalue weighted by Crippen LogP contribution is -2.12. The summed E-state index contributed by atoms with van der Waals surface area (Å²) in [6.45, 7) is 0. The molecule has 1 atom stereocenters. The number of benzene rings is 8. The van der Waals surface area contributed by atoms with E-state index in [1.807, 2.05) is 0 Å². The van der Waals surface area contributed by atoms with Crippen molar-refractivity contribution in [3.05, 3.63) is 242 Å². The Morgan fingerprint density at radius 2 is 0.596 bits per heavy atom. The summed E-state index contributed by atoms with van der Waals surface area (Å²) in [6, 6.07) is 76.5. The summed E-state index contributed by atoms with van der Waals surface area (Å²) in [5, 5.41) is 0. The van der Waals surface area contributed by atoms with Gasteiger partial charge in [-0.2, -0.15) is 0 Å². The fourth-order valence-corrected chi connectivity index (χ4v) is 7.84. The van der Waals surface area contributed by atoms with Crippen molar-refractivity contribution >= 4 is 34.1 Å². The van der Waals surface area contributed by atoms with E-state index in [1.165, 1.54) is 38.9 Å². The maximum Gasteiger partial charge on any atom is 0.0463 e. The molecule has 0 fully saturated rings. The monoisotopic (exact) mass is 732 g/mol. The molecule has 8 aromatic carbocycles. The van der Waals surface area contributed by atoms with E-state index in [0.717, 1.165) is 47.0 Å². The smallest absolute Gasteiger partial charge is 0.0463 e. The number of anilines is 6. The summed E-state index contributed by atoms with van der Waals surface area (Å²) in [7, 11) is 0. The van der Waals surface area contributed by atoms with Crippen molar-refractivity contribution in [3.8, 4) is 33.4 Å². The summed E-state index contributed by atoms with van der Waals surface area (Å²) in [5.41, 5.74) is 15.2. The van der Waals surface area contributed by atoms with E-state index in [4.69, 9.17) is 0 Å². The largest absolute Gasteiger partial charge is 0.311 e. The van der Waals surface area contributed by atoms with Gasteiger partial charge in [-0.3, -0.25) is 0 Å². The first-order valence-corrected chi connectivity index (χ1v) is 19.9. The average molecular weight is 733 g/mol. The van der Waals surface area contributed by atoms with Crippen LogP contribution in [0.5, 0.6) is 0 Å². The highest BCUT2D eigenvalue weighted by atomic mass is 15.2. The molecule has 0 saturated heterocycles. The molecule has 0 aliphatic heterocycles. The number of hydrogen-bond donors (Lipinski definition) is 0. The van der Waals surface area contributed by atoms with Crippen LogP contribution < -0.4 is 9.80 Å². The first-order valence-electron chi connectivity index (χ1n) is 19.9. The summed E-state index contributed by atoms with van der Waals surface area (Å²) in [5.74, 6) is 0.418. The van der Waals surface area contributed by atoms with Crippen molar-refractivity contribution < 1.29 is 0 Å². The van der Waals surface area contributed by atoms with Gasteiger partial charge < -0.3 is 9.80 Å². The zero-order valence-electron chi connectivity index (χ0n) is 31.9. The van der Waals surface area contributed by atoms with E-state index >= 15 is 0 Å². The van der Waals surface area contributed by atoms with E-state index in [9.17, 15) is 0 Å². The van der Waals surface area contributed by atoms with Crippen LogP contribution in [0.4, 0.5) is 34.1 Å². The average Bonchev–Trinajstić information content (AvgIpc) is 3.59. The second kappa shape index (κ2) is 16.7. The van der Waals surface area contributed by atoms with Crippen molar-refractivity contribution in [1.82, 2.24) is 0 Å². The Morgan fingerprint density at radius 3 is 0.947 bits per heavy atom. The van der Waals surface area contributed by atoms with Gasteiger partial charge in [-0.25, -0.2) is 0 Å². The molecule has 1 unspecified atom stereocenters. The molecule has 1 aliphatic carbocycles. The van der Waals surface area contributed by atoms with E-state index in [-0.39, 0.29) is 0 Å². The molecule has 274 valence electrons. The molecule has 1 aliphatic rings. The molecule has 0 radical (unpaired) electrons. The van der Waals surface area contributed by atoms with Crippen molar-refractivity contribution in [2.45, 2.75) is 18.8 Å². The van der Waals surface area contributed by atoms with Gasteiger partial charge in [0.1, 0.15) is 0 Å². The Bertz CT molecular complexity index is 2470. The number of nitrogens with zero attached hydrogens (tertiary/aromatic N) is 2. The van der Waals surface area contributed by atoms with Crippen LogP contribution in [-0.2, 0) is 0 Å². The molecule has 0 heterocycles. The lowest BCUT2D eigenvalue weighted by atomic mass is 9.94. The topological polar surface area (TPSA) is 6.48 Å². The van der Waals surface area contributed by atoms with Gasteiger partial charge >= 0.3 is 0 Å². The third kappa shape index (κ3) is 7.99. The molecule has 57 heavy (non-hydrogen) atoms. The normalized spacial score (nSPS) is 13.5. The maximum atomic E-state index is 2.36. The second-order valence-electron chi connectivity index (χ2n) is 14.5. The zero-order valence-corrected chi connectivity index (χ0v) is 31.9. The Hall–Kier alpha value is -7.16. The highest BCUT2D eigenvalue weighted by molar-refractivity contribution is 5.83. The van der Waals surface area contributed by atoms with Gasteiger partial charge in [0.2, 0.25) is 0 Å². The van der Waals surface area contributed by atoms with Gasteiger partial charge in [0.25, 0.3) is 0 Å². The summed E-state index contributed by atoms with van der Waals surface area (Å²) in [4.78, 5) is 4.71. The van der Waals surface area contributed by atoms with E-state index in [2.05, 4.69) is 246 Å². The fraction of sp³-hybridized carbons (Fsp3) is 0.0545. The number of hydrogen-bond acceptors (Lipinski definition) is 2. The first kappa shape index (κ1) is 35.5. The van der Waals surface area contributed by atoms with Crippen molar-refractivity contribution in [2.24, 2.45) is 0 Å². The third-order valence-electron chi connectivity index (χ3n) is 10.9. The molecular weight excluding hydrogens is 689 g/mol. The highest BCUT2D eigenvalue weighted by Gasteiger charge is 2.18. The molecule has 8 aromatic rings. The van der Waals surface area contributed by atoms with Gasteiger partial charge in [-0.05, 0) is 125 Å². The fourth-order valence-electron chi connectivity index (χ4n) is 7.84. The van der Waals surface area contributed by atoms with Crippen LogP contribution in [0.1, 0.15) is 24.3 Å². The van der Waals surface area contributed by atoms with Crippen LogP contribution in [0.2, 0.25) is 0 Å². The molecule has 2 nitrogen and oxygen atoms in total. The number of allylic oxidation sites excluding steroid dienone is 4. The Balaban J connectivity index is 1.09. The van der Waals surface area contributed by atoms with Crippen LogP contribution in [0.15, 0.2) is 237 Å². The van der Waals surface area contributed by atoms with Crippen LogP contribution in [-0.4, -0.2) is 0 Å². The molecular formula is C55H44N2. The minimum absolute atomic E-state index is 0.418. The molecule has 0 N–H and O–H groups in total.